The maximum absolute atomic E-state index is 12.1. The normalized spacial score (nSPS) is 13.6. The Kier molecular flexibility index (Phi) is 7.94. The fourth-order valence-electron chi connectivity index (χ4n) is 1.63. The van der Waals surface area contributed by atoms with E-state index in [0.29, 0.717) is 13.2 Å². The van der Waals surface area contributed by atoms with Crippen LogP contribution in [0, 0.1) is 11.3 Å². The van der Waals surface area contributed by atoms with Gasteiger partial charge in [-0.3, -0.25) is 14.4 Å². The summed E-state index contributed by atoms with van der Waals surface area (Å²) < 4.78 is 4.80. The molecule has 0 bridgehead atoms. The first-order valence-corrected chi connectivity index (χ1v) is 6.88. The molecule has 0 aliphatic rings. The highest BCUT2D eigenvalue weighted by atomic mass is 16.5. The first-order valence-electron chi connectivity index (χ1n) is 6.88. The molecule has 21 heavy (non-hydrogen) atoms. The lowest BCUT2D eigenvalue weighted by atomic mass is 9.76. The molecule has 0 aliphatic carbocycles. The van der Waals surface area contributed by atoms with Crippen LogP contribution in [0.4, 0.5) is 0 Å². The molecule has 0 aromatic rings. The Bertz CT molecular complexity index is 384. The van der Waals surface area contributed by atoms with Gasteiger partial charge >= 0.3 is 5.97 Å². The molecule has 0 fully saturated rings. The Balaban J connectivity index is 4.51. The summed E-state index contributed by atoms with van der Waals surface area (Å²) in [6.45, 7) is 5.74. The minimum atomic E-state index is -1.14. The highest BCUT2D eigenvalue weighted by Gasteiger charge is 2.39. The lowest BCUT2D eigenvalue weighted by Crippen LogP contribution is -2.43. The molecule has 0 saturated carbocycles. The molecule has 2 N–H and O–H groups in total. The molecule has 122 valence electrons. The maximum Gasteiger partial charge on any atom is 0.310 e. The van der Waals surface area contributed by atoms with E-state index in [1.165, 1.54) is 19.1 Å². The molecule has 1 atom stereocenters. The van der Waals surface area contributed by atoms with Crippen molar-refractivity contribution in [1.29, 1.82) is 0 Å². The van der Waals surface area contributed by atoms with Gasteiger partial charge in [0.2, 0.25) is 11.8 Å². The molecule has 0 spiro atoms. The topological polar surface area (TPSA) is 95.9 Å². The largest absolute Gasteiger partial charge is 0.481 e. The van der Waals surface area contributed by atoms with Gasteiger partial charge in [0, 0.05) is 27.1 Å². The molecule has 7 heteroatoms. The van der Waals surface area contributed by atoms with Gasteiger partial charge in [-0.25, -0.2) is 0 Å². The van der Waals surface area contributed by atoms with Crippen molar-refractivity contribution < 1.29 is 24.2 Å². The Morgan fingerprint density at radius 1 is 1.33 bits per heavy atom. The van der Waals surface area contributed by atoms with Gasteiger partial charge in [-0.05, 0) is 12.8 Å². The number of ether oxygens (including phenoxy) is 1. The first-order chi connectivity index (χ1) is 9.65. The summed E-state index contributed by atoms with van der Waals surface area (Å²) in [7, 11) is 3.02. The zero-order valence-electron chi connectivity index (χ0n) is 13.4. The van der Waals surface area contributed by atoms with E-state index in [1.807, 2.05) is 0 Å². The van der Waals surface area contributed by atoms with Crippen molar-refractivity contribution in [3.63, 3.8) is 0 Å². The van der Waals surface area contributed by atoms with Crippen molar-refractivity contribution in [2.75, 3.05) is 33.9 Å². The van der Waals surface area contributed by atoms with E-state index < -0.39 is 11.4 Å². The number of rotatable bonds is 9. The summed E-state index contributed by atoms with van der Waals surface area (Å²) in [4.78, 5) is 36.3. The molecule has 0 radical (unpaired) electrons. The van der Waals surface area contributed by atoms with Crippen LogP contribution in [0.1, 0.15) is 27.2 Å². The molecule has 0 heterocycles. The van der Waals surface area contributed by atoms with Crippen LogP contribution in [0.2, 0.25) is 0 Å². The standard InChI is InChI=1S/C14H26N2O5/c1-10(2)14(3,13(19)20)8-12(18)16(4)9-11(17)15-6-7-21-5/h10H,6-9H2,1-5H3,(H,15,17)(H,19,20). The molecule has 2 amide bonds. The van der Waals surface area contributed by atoms with Crippen LogP contribution >= 0.6 is 0 Å². The molecular formula is C14H26N2O5. The van der Waals surface area contributed by atoms with Crippen molar-refractivity contribution in [2.24, 2.45) is 11.3 Å². The molecule has 0 aliphatic heterocycles. The summed E-state index contributed by atoms with van der Waals surface area (Å²) in [5.74, 6) is -1.87. The average Bonchev–Trinajstić information content (AvgIpc) is 2.38. The van der Waals surface area contributed by atoms with Crippen LogP contribution < -0.4 is 5.32 Å². The second kappa shape index (κ2) is 8.61. The summed E-state index contributed by atoms with van der Waals surface area (Å²) in [6.07, 6.45) is -0.137. The van der Waals surface area contributed by atoms with Crippen LogP contribution in [0.25, 0.3) is 0 Å². The van der Waals surface area contributed by atoms with Gasteiger partial charge in [0.15, 0.2) is 0 Å². The van der Waals surface area contributed by atoms with Crippen LogP contribution in [-0.2, 0) is 19.1 Å². The third-order valence-corrected chi connectivity index (χ3v) is 3.72. The highest BCUT2D eigenvalue weighted by molar-refractivity contribution is 5.88. The Morgan fingerprint density at radius 3 is 2.33 bits per heavy atom. The highest BCUT2D eigenvalue weighted by Crippen LogP contribution is 2.31. The number of aliphatic carboxylic acids is 1. The molecule has 0 rings (SSSR count). The monoisotopic (exact) mass is 302 g/mol. The van der Waals surface area contributed by atoms with E-state index in [4.69, 9.17) is 4.74 Å². The summed E-state index contributed by atoms with van der Waals surface area (Å²) in [5, 5.41) is 11.9. The number of carboxylic acid groups (broad SMARTS) is 1. The van der Waals surface area contributed by atoms with E-state index in [0.717, 1.165) is 0 Å². The molecule has 7 nitrogen and oxygen atoms in total. The Morgan fingerprint density at radius 2 is 1.90 bits per heavy atom. The number of carbonyl (C=O) groups excluding carboxylic acids is 2. The molecular weight excluding hydrogens is 276 g/mol. The van der Waals surface area contributed by atoms with Gasteiger partial charge in [-0.15, -0.1) is 0 Å². The average molecular weight is 302 g/mol. The fraction of sp³-hybridized carbons (Fsp3) is 0.786. The SMILES string of the molecule is COCCNC(=O)CN(C)C(=O)CC(C)(C(=O)O)C(C)C. The minimum Gasteiger partial charge on any atom is -0.481 e. The van der Waals surface area contributed by atoms with Crippen LogP contribution in [-0.4, -0.2) is 61.6 Å². The van der Waals surface area contributed by atoms with E-state index in [2.05, 4.69) is 5.32 Å². The number of nitrogens with zero attached hydrogens (tertiary/aromatic N) is 1. The lowest BCUT2D eigenvalue weighted by molar-refractivity contribution is -0.155. The number of hydrogen-bond donors (Lipinski definition) is 2. The minimum absolute atomic E-state index is 0.101. The smallest absolute Gasteiger partial charge is 0.310 e. The number of carboxylic acids is 1. The molecule has 0 saturated heterocycles. The molecule has 0 aromatic carbocycles. The van der Waals surface area contributed by atoms with E-state index in [1.54, 1.807) is 20.8 Å². The van der Waals surface area contributed by atoms with Crippen molar-refractivity contribution in [3.05, 3.63) is 0 Å². The number of methoxy groups -OCH3 is 1. The van der Waals surface area contributed by atoms with Gasteiger partial charge in [-0.2, -0.15) is 0 Å². The van der Waals surface area contributed by atoms with Gasteiger partial charge in [-0.1, -0.05) is 13.8 Å². The predicted molar refractivity (Wildman–Crippen MR) is 77.7 cm³/mol. The number of likely N-dealkylation sites (N-methyl/N-ethyl adjacent to an activating group) is 1. The number of amides is 2. The maximum atomic E-state index is 12.1. The quantitative estimate of drug-likeness (QED) is 0.599. The van der Waals surface area contributed by atoms with Crippen LogP contribution in [0.5, 0.6) is 0 Å². The first kappa shape index (κ1) is 19.4. The Hall–Kier alpha value is -1.63. The molecule has 1 unspecified atom stereocenters. The molecule has 0 aromatic heterocycles. The van der Waals surface area contributed by atoms with Crippen molar-refractivity contribution >= 4 is 17.8 Å². The third-order valence-electron chi connectivity index (χ3n) is 3.72. The predicted octanol–water partition coefficient (Wildman–Crippen LogP) is 0.344. The number of nitrogens with one attached hydrogen (secondary N) is 1. The van der Waals surface area contributed by atoms with Crippen molar-refractivity contribution in [1.82, 2.24) is 10.2 Å². The van der Waals surface area contributed by atoms with Gasteiger partial charge in [0.1, 0.15) is 0 Å². The number of carbonyl (C=O) groups is 3. The lowest BCUT2D eigenvalue weighted by Gasteiger charge is -2.30. The zero-order chi connectivity index (χ0) is 16.6. The Labute approximate surface area is 125 Å². The second-order valence-corrected chi connectivity index (χ2v) is 5.65. The van der Waals surface area contributed by atoms with Crippen molar-refractivity contribution in [2.45, 2.75) is 27.2 Å². The van der Waals surface area contributed by atoms with Gasteiger partial charge in [0.05, 0.1) is 18.6 Å². The van der Waals surface area contributed by atoms with E-state index in [9.17, 15) is 19.5 Å². The van der Waals surface area contributed by atoms with E-state index in [-0.39, 0.29) is 30.7 Å². The second-order valence-electron chi connectivity index (χ2n) is 5.65. The number of hydrogen-bond acceptors (Lipinski definition) is 4. The van der Waals surface area contributed by atoms with Gasteiger partial charge < -0.3 is 20.1 Å². The summed E-state index contributed by atoms with van der Waals surface area (Å²) in [5.41, 5.74) is -1.14. The van der Waals surface area contributed by atoms with Gasteiger partial charge in [0.25, 0.3) is 0 Å². The van der Waals surface area contributed by atoms with E-state index >= 15 is 0 Å². The third kappa shape index (κ3) is 6.12. The summed E-state index contributed by atoms with van der Waals surface area (Å²) >= 11 is 0. The summed E-state index contributed by atoms with van der Waals surface area (Å²) in [6, 6.07) is 0. The van der Waals surface area contributed by atoms with Crippen LogP contribution in [0.3, 0.4) is 0 Å². The van der Waals surface area contributed by atoms with Crippen molar-refractivity contribution in [3.8, 4) is 0 Å². The zero-order valence-corrected chi connectivity index (χ0v) is 13.4. The fourth-order valence-corrected chi connectivity index (χ4v) is 1.63. The van der Waals surface area contributed by atoms with Crippen LogP contribution in [0.15, 0.2) is 0 Å².